The summed E-state index contributed by atoms with van der Waals surface area (Å²) < 4.78 is 0. The summed E-state index contributed by atoms with van der Waals surface area (Å²) >= 11 is 0. The summed E-state index contributed by atoms with van der Waals surface area (Å²) in [6.45, 7) is 3.12. The van der Waals surface area contributed by atoms with Crippen LogP contribution in [0.5, 0.6) is 0 Å². The molecule has 1 aliphatic carbocycles. The van der Waals surface area contributed by atoms with E-state index in [-0.39, 0.29) is 11.9 Å². The van der Waals surface area contributed by atoms with Gasteiger partial charge in [0.05, 0.1) is 6.04 Å². The van der Waals surface area contributed by atoms with Crippen molar-refractivity contribution in [2.45, 2.75) is 44.7 Å². The number of hydrogen-bond acceptors (Lipinski definition) is 2. The molecular weight excluding hydrogens is 188 g/mol. The zero-order valence-electron chi connectivity index (χ0n) is 9.33. The maximum atomic E-state index is 11.9. The van der Waals surface area contributed by atoms with Crippen molar-refractivity contribution in [1.29, 1.82) is 0 Å². The zero-order valence-corrected chi connectivity index (χ0v) is 9.33. The van der Waals surface area contributed by atoms with Crippen molar-refractivity contribution in [2.75, 3.05) is 6.54 Å². The number of hydrogen-bond donors (Lipinski definition) is 2. The van der Waals surface area contributed by atoms with E-state index in [9.17, 15) is 4.79 Å². The molecule has 0 radical (unpaired) electrons. The third-order valence-electron chi connectivity index (χ3n) is 3.43. The van der Waals surface area contributed by atoms with Gasteiger partial charge in [0.25, 0.3) is 0 Å². The van der Waals surface area contributed by atoms with Crippen LogP contribution in [0.15, 0.2) is 12.2 Å². The SMILES string of the molecule is CC1CCNC1C(=O)NC1CC=CCC1. The van der Waals surface area contributed by atoms with E-state index >= 15 is 0 Å². The maximum Gasteiger partial charge on any atom is 0.237 e. The average molecular weight is 208 g/mol. The van der Waals surface area contributed by atoms with E-state index in [0.29, 0.717) is 12.0 Å². The minimum Gasteiger partial charge on any atom is -0.352 e. The largest absolute Gasteiger partial charge is 0.352 e. The van der Waals surface area contributed by atoms with Gasteiger partial charge in [-0.05, 0) is 38.1 Å². The predicted molar refractivity (Wildman–Crippen MR) is 60.5 cm³/mol. The number of amides is 1. The lowest BCUT2D eigenvalue weighted by atomic mass is 9.99. The molecule has 1 fully saturated rings. The number of rotatable bonds is 2. The highest BCUT2D eigenvalue weighted by molar-refractivity contribution is 5.82. The smallest absolute Gasteiger partial charge is 0.237 e. The first-order valence-corrected chi connectivity index (χ1v) is 5.96. The monoisotopic (exact) mass is 208 g/mol. The second-order valence-corrected chi connectivity index (χ2v) is 4.69. The van der Waals surface area contributed by atoms with Gasteiger partial charge in [-0.25, -0.2) is 0 Å². The topological polar surface area (TPSA) is 41.1 Å². The Bertz CT molecular complexity index is 262. The normalized spacial score (nSPS) is 35.4. The van der Waals surface area contributed by atoms with E-state index in [0.717, 1.165) is 32.2 Å². The van der Waals surface area contributed by atoms with Crippen LogP contribution in [0.2, 0.25) is 0 Å². The van der Waals surface area contributed by atoms with Crippen molar-refractivity contribution in [3.63, 3.8) is 0 Å². The van der Waals surface area contributed by atoms with Gasteiger partial charge in [-0.2, -0.15) is 0 Å². The van der Waals surface area contributed by atoms with Crippen LogP contribution in [-0.2, 0) is 4.79 Å². The lowest BCUT2D eigenvalue weighted by Crippen LogP contribution is -2.47. The zero-order chi connectivity index (χ0) is 10.7. The summed E-state index contributed by atoms with van der Waals surface area (Å²) in [5, 5.41) is 6.40. The highest BCUT2D eigenvalue weighted by Gasteiger charge is 2.30. The standard InChI is InChI=1S/C12H20N2O/c1-9-7-8-13-11(9)12(15)14-10-5-3-2-4-6-10/h2-3,9-11,13H,4-8H2,1H3,(H,14,15). The minimum absolute atomic E-state index is 0.0379. The van der Waals surface area contributed by atoms with Crippen LogP contribution in [0, 0.1) is 5.92 Å². The molecule has 3 unspecified atom stereocenters. The van der Waals surface area contributed by atoms with Gasteiger partial charge in [-0.1, -0.05) is 19.1 Å². The molecule has 2 N–H and O–H groups in total. The fourth-order valence-electron chi connectivity index (χ4n) is 2.40. The molecule has 3 atom stereocenters. The first kappa shape index (κ1) is 10.7. The molecule has 1 aliphatic heterocycles. The van der Waals surface area contributed by atoms with Crippen LogP contribution >= 0.6 is 0 Å². The molecule has 0 saturated carbocycles. The minimum atomic E-state index is 0.0379. The summed E-state index contributed by atoms with van der Waals surface area (Å²) in [6, 6.07) is 0.396. The average Bonchev–Trinajstić information content (AvgIpc) is 2.66. The third-order valence-corrected chi connectivity index (χ3v) is 3.43. The molecule has 0 spiro atoms. The fourth-order valence-corrected chi connectivity index (χ4v) is 2.40. The number of nitrogens with one attached hydrogen (secondary N) is 2. The fraction of sp³-hybridized carbons (Fsp3) is 0.750. The third kappa shape index (κ3) is 2.59. The molecule has 1 heterocycles. The molecule has 0 aromatic heterocycles. The number of allylic oxidation sites excluding steroid dienone is 1. The lowest BCUT2D eigenvalue weighted by molar-refractivity contribution is -0.124. The van der Waals surface area contributed by atoms with Gasteiger partial charge in [0, 0.05) is 6.04 Å². The van der Waals surface area contributed by atoms with E-state index in [1.165, 1.54) is 0 Å². The van der Waals surface area contributed by atoms with Gasteiger partial charge in [0.15, 0.2) is 0 Å². The van der Waals surface area contributed by atoms with Crippen LogP contribution in [0.4, 0.5) is 0 Å². The first-order chi connectivity index (χ1) is 7.27. The molecule has 1 amide bonds. The van der Waals surface area contributed by atoms with Crippen molar-refractivity contribution in [1.82, 2.24) is 10.6 Å². The van der Waals surface area contributed by atoms with Gasteiger partial charge < -0.3 is 10.6 Å². The second kappa shape index (κ2) is 4.79. The molecule has 2 aliphatic rings. The van der Waals surface area contributed by atoms with Crippen LogP contribution in [-0.4, -0.2) is 24.5 Å². The summed E-state index contributed by atoms with van der Waals surface area (Å²) in [7, 11) is 0. The van der Waals surface area contributed by atoms with Crippen molar-refractivity contribution in [3.05, 3.63) is 12.2 Å². The molecule has 1 saturated heterocycles. The highest BCUT2D eigenvalue weighted by Crippen LogP contribution is 2.16. The predicted octanol–water partition coefficient (Wildman–Crippen LogP) is 1.21. The Labute approximate surface area is 91.3 Å². The van der Waals surface area contributed by atoms with Gasteiger partial charge in [-0.15, -0.1) is 0 Å². The van der Waals surface area contributed by atoms with Gasteiger partial charge in [0.2, 0.25) is 5.91 Å². The molecule has 3 nitrogen and oxygen atoms in total. The molecule has 2 rings (SSSR count). The van der Waals surface area contributed by atoms with Crippen molar-refractivity contribution >= 4 is 5.91 Å². The molecule has 3 heteroatoms. The summed E-state index contributed by atoms with van der Waals surface area (Å²) in [5.74, 6) is 0.671. The van der Waals surface area contributed by atoms with Crippen LogP contribution in [0.1, 0.15) is 32.6 Å². The summed E-state index contributed by atoms with van der Waals surface area (Å²) in [5.41, 5.74) is 0. The van der Waals surface area contributed by atoms with Gasteiger partial charge in [0.1, 0.15) is 0 Å². The quantitative estimate of drug-likeness (QED) is 0.670. The molecule has 84 valence electrons. The molecule has 0 aromatic rings. The summed E-state index contributed by atoms with van der Waals surface area (Å²) in [4.78, 5) is 11.9. The van der Waals surface area contributed by atoms with E-state index in [1.807, 2.05) is 0 Å². The van der Waals surface area contributed by atoms with Gasteiger partial charge in [-0.3, -0.25) is 4.79 Å². The molecule has 0 bridgehead atoms. The van der Waals surface area contributed by atoms with Crippen molar-refractivity contribution in [2.24, 2.45) is 5.92 Å². The maximum absolute atomic E-state index is 11.9. The first-order valence-electron chi connectivity index (χ1n) is 5.96. The number of carbonyl (C=O) groups excluding carboxylic acids is 1. The summed E-state index contributed by atoms with van der Waals surface area (Å²) in [6.07, 6.45) is 8.65. The number of carbonyl (C=O) groups is 1. The van der Waals surface area contributed by atoms with Crippen molar-refractivity contribution < 1.29 is 4.79 Å². The van der Waals surface area contributed by atoms with Crippen molar-refractivity contribution in [3.8, 4) is 0 Å². The highest BCUT2D eigenvalue weighted by atomic mass is 16.2. The second-order valence-electron chi connectivity index (χ2n) is 4.69. The van der Waals surface area contributed by atoms with Crippen LogP contribution in [0.3, 0.4) is 0 Å². The Kier molecular flexibility index (Phi) is 3.41. The Morgan fingerprint density at radius 2 is 2.27 bits per heavy atom. The van der Waals surface area contributed by atoms with E-state index < -0.39 is 0 Å². The molecule has 15 heavy (non-hydrogen) atoms. The van der Waals surface area contributed by atoms with Crippen LogP contribution in [0.25, 0.3) is 0 Å². The Hall–Kier alpha value is -0.830. The van der Waals surface area contributed by atoms with E-state index in [1.54, 1.807) is 0 Å². The van der Waals surface area contributed by atoms with Crippen LogP contribution < -0.4 is 10.6 Å². The Balaban J connectivity index is 1.83. The van der Waals surface area contributed by atoms with E-state index in [2.05, 4.69) is 29.7 Å². The lowest BCUT2D eigenvalue weighted by Gasteiger charge is -2.23. The van der Waals surface area contributed by atoms with Gasteiger partial charge >= 0.3 is 0 Å². The van der Waals surface area contributed by atoms with E-state index in [4.69, 9.17) is 0 Å². The molecular formula is C12H20N2O. The molecule has 0 aromatic carbocycles. The Morgan fingerprint density at radius 1 is 1.40 bits per heavy atom. The Morgan fingerprint density at radius 3 is 2.87 bits per heavy atom.